The smallest absolute Gasteiger partial charge is 0.123 e. The number of hydrogen-bond donors (Lipinski definition) is 0. The predicted octanol–water partition coefficient (Wildman–Crippen LogP) is 2.99. The summed E-state index contributed by atoms with van der Waals surface area (Å²) in [5.74, 6) is -0.821. The maximum atomic E-state index is 11.9. The van der Waals surface area contributed by atoms with Crippen molar-refractivity contribution in [2.45, 2.75) is 13.8 Å². The Morgan fingerprint density at radius 1 is 0.800 bits per heavy atom. The highest BCUT2D eigenvalue weighted by atomic mass is 19.1. The third kappa shape index (κ3) is 3.17. The quantitative estimate of drug-likeness (QED) is 0.525. The van der Waals surface area contributed by atoms with Crippen molar-refractivity contribution in [2.75, 3.05) is 0 Å². The Morgan fingerprint density at radius 2 is 1.00 bits per heavy atom. The fraction of sp³-hybridized carbons (Fsp3) is 0.250. The molecule has 56 valence electrons. The van der Waals surface area contributed by atoms with Gasteiger partial charge in [-0.05, 0) is 24.3 Å². The van der Waals surface area contributed by atoms with E-state index in [9.17, 15) is 8.78 Å². The van der Waals surface area contributed by atoms with Gasteiger partial charge in [-0.3, -0.25) is 0 Å². The normalized spacial score (nSPS) is 8.00. The molecule has 0 heterocycles. The van der Waals surface area contributed by atoms with Crippen molar-refractivity contribution in [2.24, 2.45) is 0 Å². The molecule has 0 aliphatic heterocycles. The Bertz CT molecular complexity index is 146. The summed E-state index contributed by atoms with van der Waals surface area (Å²) in [5.41, 5.74) is 0. The number of halogens is 2. The molecule has 0 N–H and O–H groups in total. The fourth-order valence-electron chi connectivity index (χ4n) is 0.430. The molecule has 0 bridgehead atoms. The molecule has 0 aromatic heterocycles. The third-order valence-electron chi connectivity index (χ3n) is 0.804. The van der Waals surface area contributed by atoms with Gasteiger partial charge >= 0.3 is 0 Å². The van der Waals surface area contributed by atoms with Gasteiger partial charge in [0, 0.05) is 0 Å². The molecule has 2 heteroatoms. The molecule has 0 saturated carbocycles. The van der Waals surface area contributed by atoms with Crippen LogP contribution in [0.3, 0.4) is 0 Å². The Morgan fingerprint density at radius 3 is 1.20 bits per heavy atom. The zero-order chi connectivity index (χ0) is 7.98. The average Bonchev–Trinajstić information content (AvgIpc) is 2.00. The van der Waals surface area contributed by atoms with E-state index in [0.717, 1.165) is 24.3 Å². The summed E-state index contributed by atoms with van der Waals surface area (Å²) in [5, 5.41) is 0. The van der Waals surface area contributed by atoms with Gasteiger partial charge in [0.2, 0.25) is 0 Å². The number of rotatable bonds is 0. The van der Waals surface area contributed by atoms with Gasteiger partial charge in [0.1, 0.15) is 11.6 Å². The van der Waals surface area contributed by atoms with E-state index in [1.165, 1.54) is 0 Å². The molecular formula is C8H10F2. The van der Waals surface area contributed by atoms with Crippen LogP contribution in [0.2, 0.25) is 0 Å². The first kappa shape index (κ1) is 9.08. The molecular weight excluding hydrogens is 134 g/mol. The highest BCUT2D eigenvalue weighted by molar-refractivity contribution is 5.04. The summed E-state index contributed by atoms with van der Waals surface area (Å²) >= 11 is 0. The topological polar surface area (TPSA) is 0 Å². The zero-order valence-corrected chi connectivity index (χ0v) is 6.07. The van der Waals surface area contributed by atoms with Crippen LogP contribution >= 0.6 is 0 Å². The molecule has 0 unspecified atom stereocenters. The summed E-state index contributed by atoms with van der Waals surface area (Å²) in [4.78, 5) is 0. The lowest BCUT2D eigenvalue weighted by molar-refractivity contribution is 0.600. The largest absolute Gasteiger partial charge is 0.207 e. The number of hydrogen-bond acceptors (Lipinski definition) is 0. The van der Waals surface area contributed by atoms with Crippen LogP contribution in [-0.4, -0.2) is 0 Å². The van der Waals surface area contributed by atoms with E-state index in [2.05, 4.69) is 0 Å². The predicted molar refractivity (Wildman–Crippen MR) is 37.7 cm³/mol. The summed E-state index contributed by atoms with van der Waals surface area (Å²) in [7, 11) is 0. The Kier molecular flexibility index (Phi) is 4.46. The van der Waals surface area contributed by atoms with Crippen molar-refractivity contribution in [1.82, 2.24) is 0 Å². The summed E-state index contributed by atoms with van der Waals surface area (Å²) in [6.07, 6.45) is 0. The van der Waals surface area contributed by atoms with Crippen LogP contribution in [-0.2, 0) is 0 Å². The van der Waals surface area contributed by atoms with Crippen molar-refractivity contribution in [3.63, 3.8) is 0 Å². The van der Waals surface area contributed by atoms with Crippen LogP contribution in [0.5, 0.6) is 0 Å². The number of benzene rings is 1. The van der Waals surface area contributed by atoms with Gasteiger partial charge in [-0.25, -0.2) is 8.78 Å². The van der Waals surface area contributed by atoms with E-state index in [0.29, 0.717) is 0 Å². The Hall–Kier alpha value is -0.920. The first-order chi connectivity index (χ1) is 4.79. The van der Waals surface area contributed by atoms with Crippen LogP contribution in [0.4, 0.5) is 8.78 Å². The van der Waals surface area contributed by atoms with Gasteiger partial charge in [0.25, 0.3) is 0 Å². The molecule has 0 saturated heterocycles. The van der Waals surface area contributed by atoms with Gasteiger partial charge in [0.15, 0.2) is 0 Å². The minimum absolute atomic E-state index is 0.411. The fourth-order valence-corrected chi connectivity index (χ4v) is 0.430. The zero-order valence-electron chi connectivity index (χ0n) is 6.07. The lowest BCUT2D eigenvalue weighted by Crippen LogP contribution is -1.72. The van der Waals surface area contributed by atoms with Crippen molar-refractivity contribution in [3.8, 4) is 0 Å². The third-order valence-corrected chi connectivity index (χ3v) is 0.804. The minimum atomic E-state index is -0.411. The van der Waals surface area contributed by atoms with E-state index in [4.69, 9.17) is 0 Å². The molecule has 1 aromatic carbocycles. The molecule has 0 radical (unpaired) electrons. The maximum Gasteiger partial charge on any atom is 0.123 e. The summed E-state index contributed by atoms with van der Waals surface area (Å²) < 4.78 is 23.8. The van der Waals surface area contributed by atoms with Crippen LogP contribution in [0.25, 0.3) is 0 Å². The van der Waals surface area contributed by atoms with Crippen molar-refractivity contribution < 1.29 is 8.78 Å². The van der Waals surface area contributed by atoms with Gasteiger partial charge in [0.05, 0.1) is 0 Å². The Balaban J connectivity index is 0.000000371. The molecule has 0 amide bonds. The molecule has 10 heavy (non-hydrogen) atoms. The molecule has 0 nitrogen and oxygen atoms in total. The first-order valence-electron chi connectivity index (χ1n) is 3.20. The molecule has 0 aliphatic carbocycles. The SMILES string of the molecule is CC.Fc1ccc(F)cc1. The van der Waals surface area contributed by atoms with Crippen LogP contribution < -0.4 is 0 Å². The van der Waals surface area contributed by atoms with Crippen LogP contribution in [0.15, 0.2) is 24.3 Å². The Labute approximate surface area is 59.5 Å². The van der Waals surface area contributed by atoms with Crippen molar-refractivity contribution >= 4 is 0 Å². The molecule has 1 aromatic rings. The van der Waals surface area contributed by atoms with Gasteiger partial charge in [-0.1, -0.05) is 13.8 Å². The molecule has 0 spiro atoms. The standard InChI is InChI=1S/C6H4F2.C2H6/c7-5-1-2-6(8)4-3-5;1-2/h1-4H;1-2H3. The van der Waals surface area contributed by atoms with Crippen LogP contribution in [0.1, 0.15) is 13.8 Å². The van der Waals surface area contributed by atoms with E-state index >= 15 is 0 Å². The highest BCUT2D eigenvalue weighted by Crippen LogP contribution is 1.98. The minimum Gasteiger partial charge on any atom is -0.207 e. The summed E-state index contributed by atoms with van der Waals surface area (Å²) in [6, 6.07) is 4.31. The average molecular weight is 144 g/mol. The van der Waals surface area contributed by atoms with Gasteiger partial charge in [-0.15, -0.1) is 0 Å². The lowest BCUT2D eigenvalue weighted by atomic mass is 10.3. The first-order valence-corrected chi connectivity index (χ1v) is 3.20. The second kappa shape index (κ2) is 4.91. The maximum absolute atomic E-state index is 11.9. The van der Waals surface area contributed by atoms with Gasteiger partial charge < -0.3 is 0 Å². The van der Waals surface area contributed by atoms with E-state index in [1.807, 2.05) is 13.8 Å². The molecule has 1 rings (SSSR count). The monoisotopic (exact) mass is 144 g/mol. The van der Waals surface area contributed by atoms with E-state index in [-0.39, 0.29) is 0 Å². The summed E-state index contributed by atoms with van der Waals surface area (Å²) in [6.45, 7) is 4.00. The molecule has 0 atom stereocenters. The molecule has 0 fully saturated rings. The van der Waals surface area contributed by atoms with Gasteiger partial charge in [-0.2, -0.15) is 0 Å². The highest BCUT2D eigenvalue weighted by Gasteiger charge is 1.86. The lowest BCUT2D eigenvalue weighted by Gasteiger charge is -1.83. The van der Waals surface area contributed by atoms with Crippen molar-refractivity contribution in [3.05, 3.63) is 35.9 Å². The van der Waals surface area contributed by atoms with E-state index < -0.39 is 11.6 Å². The second-order valence-electron chi connectivity index (χ2n) is 1.44. The van der Waals surface area contributed by atoms with Crippen molar-refractivity contribution in [1.29, 1.82) is 0 Å². The second-order valence-corrected chi connectivity index (χ2v) is 1.44. The van der Waals surface area contributed by atoms with Crippen LogP contribution in [0, 0.1) is 11.6 Å². The molecule has 0 aliphatic rings. The van der Waals surface area contributed by atoms with E-state index in [1.54, 1.807) is 0 Å².